The predicted molar refractivity (Wildman–Crippen MR) is 84.7 cm³/mol. The fourth-order valence-corrected chi connectivity index (χ4v) is 2.93. The van der Waals surface area contributed by atoms with Crippen molar-refractivity contribution in [2.24, 2.45) is 0 Å². The lowest BCUT2D eigenvalue weighted by Gasteiger charge is -2.36. The van der Waals surface area contributed by atoms with E-state index in [-0.39, 0.29) is 12.3 Å². The van der Waals surface area contributed by atoms with Crippen LogP contribution in [0.5, 0.6) is 0 Å². The van der Waals surface area contributed by atoms with E-state index in [2.05, 4.69) is 10.6 Å². The van der Waals surface area contributed by atoms with Crippen LogP contribution in [-0.2, 0) is 17.0 Å². The number of non-ortho nitro benzene ring substituents is 1. The summed E-state index contributed by atoms with van der Waals surface area (Å²) < 4.78 is 5.17. The SMILES string of the molecule is O=C(NC1(c2cccs2)C=CN1)OCc1ccc([N+](=O)[O-])cc1. The molecule has 118 valence electrons. The van der Waals surface area contributed by atoms with Crippen LogP contribution in [0, 0.1) is 10.1 Å². The molecule has 2 aromatic rings. The van der Waals surface area contributed by atoms with Crippen molar-refractivity contribution in [1.29, 1.82) is 0 Å². The summed E-state index contributed by atoms with van der Waals surface area (Å²) in [4.78, 5) is 23.0. The minimum Gasteiger partial charge on any atom is -0.445 e. The van der Waals surface area contributed by atoms with Crippen molar-refractivity contribution in [3.05, 3.63) is 74.6 Å². The number of carbonyl (C=O) groups is 1. The van der Waals surface area contributed by atoms with E-state index >= 15 is 0 Å². The van der Waals surface area contributed by atoms with E-state index in [1.165, 1.54) is 23.5 Å². The molecule has 7 nitrogen and oxygen atoms in total. The molecule has 1 atom stereocenters. The first-order valence-corrected chi connectivity index (χ1v) is 7.65. The molecule has 1 amide bonds. The molecule has 2 heterocycles. The minimum absolute atomic E-state index is 0.00125. The lowest BCUT2D eigenvalue weighted by molar-refractivity contribution is -0.384. The fraction of sp³-hybridized carbons (Fsp3) is 0.133. The van der Waals surface area contributed by atoms with Crippen LogP contribution in [-0.4, -0.2) is 11.0 Å². The summed E-state index contributed by atoms with van der Waals surface area (Å²) in [7, 11) is 0. The summed E-state index contributed by atoms with van der Waals surface area (Å²) in [5, 5.41) is 18.3. The van der Waals surface area contributed by atoms with Gasteiger partial charge in [-0.05, 0) is 41.4 Å². The number of hydrogen-bond donors (Lipinski definition) is 2. The summed E-state index contributed by atoms with van der Waals surface area (Å²) in [6.07, 6.45) is 3.01. The summed E-state index contributed by atoms with van der Waals surface area (Å²) in [5.41, 5.74) is -0.0486. The molecule has 0 aliphatic carbocycles. The monoisotopic (exact) mass is 331 g/mol. The highest BCUT2D eigenvalue weighted by Gasteiger charge is 2.36. The summed E-state index contributed by atoms with van der Waals surface area (Å²) in [6, 6.07) is 9.68. The largest absolute Gasteiger partial charge is 0.445 e. The number of amides is 1. The third-order valence-corrected chi connectivity index (χ3v) is 4.38. The van der Waals surface area contributed by atoms with Crippen LogP contribution in [0.25, 0.3) is 0 Å². The van der Waals surface area contributed by atoms with Crippen LogP contribution in [0.3, 0.4) is 0 Å². The number of nitro groups is 1. The smallest absolute Gasteiger partial charge is 0.409 e. The number of hydrogen-bond acceptors (Lipinski definition) is 6. The van der Waals surface area contributed by atoms with Crippen molar-refractivity contribution >= 4 is 23.1 Å². The first kappa shape index (κ1) is 15.0. The first-order valence-electron chi connectivity index (χ1n) is 6.77. The average Bonchev–Trinajstić information content (AvgIpc) is 3.04. The van der Waals surface area contributed by atoms with Crippen molar-refractivity contribution in [1.82, 2.24) is 10.6 Å². The quantitative estimate of drug-likeness (QED) is 0.649. The maximum absolute atomic E-state index is 12.0. The molecular formula is C15H13N3O4S. The second-order valence-electron chi connectivity index (χ2n) is 4.89. The first-order chi connectivity index (χ1) is 11.1. The Balaban J connectivity index is 1.57. The Kier molecular flexibility index (Phi) is 3.98. The fourth-order valence-electron chi connectivity index (χ4n) is 2.11. The van der Waals surface area contributed by atoms with Crippen LogP contribution in [0.4, 0.5) is 10.5 Å². The molecule has 1 unspecified atom stereocenters. The Morgan fingerprint density at radius 1 is 1.35 bits per heavy atom. The molecule has 0 fully saturated rings. The topological polar surface area (TPSA) is 93.5 Å². The zero-order chi connectivity index (χ0) is 16.3. The Bertz CT molecular complexity index is 743. The van der Waals surface area contributed by atoms with Gasteiger partial charge in [-0.25, -0.2) is 4.79 Å². The van der Waals surface area contributed by atoms with Crippen molar-refractivity contribution in [2.45, 2.75) is 12.3 Å². The van der Waals surface area contributed by atoms with Crippen molar-refractivity contribution < 1.29 is 14.5 Å². The number of alkyl carbamates (subject to hydrolysis) is 1. The molecule has 0 saturated heterocycles. The second kappa shape index (κ2) is 6.09. The molecule has 1 aromatic heterocycles. The van der Waals surface area contributed by atoms with E-state index in [0.29, 0.717) is 5.56 Å². The molecule has 0 bridgehead atoms. The molecule has 0 radical (unpaired) electrons. The van der Waals surface area contributed by atoms with Crippen LogP contribution < -0.4 is 10.6 Å². The molecule has 0 spiro atoms. The third kappa shape index (κ3) is 3.16. The molecular weight excluding hydrogens is 318 g/mol. The number of nitro benzene ring substituents is 1. The minimum atomic E-state index is -0.722. The number of ether oxygens (including phenoxy) is 1. The van der Waals surface area contributed by atoms with Crippen molar-refractivity contribution in [3.63, 3.8) is 0 Å². The van der Waals surface area contributed by atoms with E-state index in [1.807, 2.05) is 23.6 Å². The second-order valence-corrected chi connectivity index (χ2v) is 5.84. The predicted octanol–water partition coefficient (Wildman–Crippen LogP) is 2.85. The Hall–Kier alpha value is -2.87. The lowest BCUT2D eigenvalue weighted by Crippen LogP contribution is -2.57. The van der Waals surface area contributed by atoms with Gasteiger partial charge >= 0.3 is 6.09 Å². The molecule has 2 N–H and O–H groups in total. The number of thiophene rings is 1. The van der Waals surface area contributed by atoms with E-state index in [9.17, 15) is 14.9 Å². The van der Waals surface area contributed by atoms with Gasteiger partial charge in [0.15, 0.2) is 5.66 Å². The van der Waals surface area contributed by atoms with Crippen LogP contribution >= 0.6 is 11.3 Å². The zero-order valence-electron chi connectivity index (χ0n) is 11.9. The third-order valence-electron chi connectivity index (χ3n) is 3.37. The summed E-state index contributed by atoms with van der Waals surface area (Å²) in [6.45, 7) is 0.0358. The van der Waals surface area contributed by atoms with Gasteiger partial charge in [-0.2, -0.15) is 0 Å². The van der Waals surface area contributed by atoms with Gasteiger partial charge in [-0.15, -0.1) is 11.3 Å². The summed E-state index contributed by atoms with van der Waals surface area (Å²) >= 11 is 1.52. The molecule has 23 heavy (non-hydrogen) atoms. The van der Waals surface area contributed by atoms with Gasteiger partial charge in [0, 0.05) is 12.1 Å². The van der Waals surface area contributed by atoms with Crippen molar-refractivity contribution in [2.75, 3.05) is 0 Å². The highest BCUT2D eigenvalue weighted by atomic mass is 32.1. The van der Waals surface area contributed by atoms with Gasteiger partial charge in [0.25, 0.3) is 5.69 Å². The lowest BCUT2D eigenvalue weighted by atomic mass is 10.0. The van der Waals surface area contributed by atoms with Gasteiger partial charge in [0.05, 0.1) is 9.80 Å². The Morgan fingerprint density at radius 3 is 2.61 bits per heavy atom. The zero-order valence-corrected chi connectivity index (χ0v) is 12.7. The number of nitrogens with zero attached hydrogens (tertiary/aromatic N) is 1. The van der Waals surface area contributed by atoms with E-state index in [0.717, 1.165) is 4.88 Å². The number of benzene rings is 1. The highest BCUT2D eigenvalue weighted by Crippen LogP contribution is 2.29. The number of rotatable bonds is 5. The maximum Gasteiger partial charge on any atom is 0.409 e. The van der Waals surface area contributed by atoms with Gasteiger partial charge in [0.1, 0.15) is 6.61 Å². The van der Waals surface area contributed by atoms with Gasteiger partial charge in [0.2, 0.25) is 0 Å². The average molecular weight is 331 g/mol. The molecule has 8 heteroatoms. The van der Waals surface area contributed by atoms with Crippen molar-refractivity contribution in [3.8, 4) is 0 Å². The Morgan fingerprint density at radius 2 is 2.09 bits per heavy atom. The maximum atomic E-state index is 12.0. The number of nitrogens with one attached hydrogen (secondary N) is 2. The molecule has 1 aromatic carbocycles. The number of carbonyl (C=O) groups excluding carboxylic acids is 1. The van der Waals surface area contributed by atoms with Gasteiger partial charge < -0.3 is 10.1 Å². The van der Waals surface area contributed by atoms with E-state index in [4.69, 9.17) is 4.74 Å². The van der Waals surface area contributed by atoms with Crippen LogP contribution in [0.2, 0.25) is 0 Å². The Labute approximate surface area is 135 Å². The van der Waals surface area contributed by atoms with Gasteiger partial charge in [-0.3, -0.25) is 15.4 Å². The molecule has 0 saturated carbocycles. The highest BCUT2D eigenvalue weighted by molar-refractivity contribution is 7.10. The van der Waals surface area contributed by atoms with Crippen LogP contribution in [0.1, 0.15) is 10.4 Å². The standard InChI is InChI=1S/C15H13N3O4S/c19-14(17-15(7-8-16-15)13-2-1-9-23-13)22-10-11-3-5-12(6-4-11)18(20)21/h1-9,16H,10H2,(H,17,19). The molecule has 1 aliphatic rings. The van der Waals surface area contributed by atoms with E-state index in [1.54, 1.807) is 18.3 Å². The molecule has 3 rings (SSSR count). The van der Waals surface area contributed by atoms with Crippen LogP contribution in [0.15, 0.2) is 54.1 Å². The van der Waals surface area contributed by atoms with E-state index < -0.39 is 16.7 Å². The summed E-state index contributed by atoms with van der Waals surface area (Å²) in [5.74, 6) is 0. The molecule has 1 aliphatic heterocycles. The normalized spacial score (nSPS) is 18.6. The van der Waals surface area contributed by atoms with Gasteiger partial charge in [-0.1, -0.05) is 6.07 Å².